The summed E-state index contributed by atoms with van der Waals surface area (Å²) in [6.07, 6.45) is 1.79. The van der Waals surface area contributed by atoms with E-state index in [9.17, 15) is 0 Å². The molecule has 0 fully saturated rings. The molecule has 0 bridgehead atoms. The van der Waals surface area contributed by atoms with Crippen LogP contribution in [0, 0.1) is 0 Å². The lowest BCUT2D eigenvalue weighted by molar-refractivity contribution is -0.0416. The first-order valence-corrected chi connectivity index (χ1v) is 6.97. The number of nitrogens with two attached hydrogens (primary N) is 1. The van der Waals surface area contributed by atoms with E-state index >= 15 is 0 Å². The van der Waals surface area contributed by atoms with E-state index in [-0.39, 0.29) is 12.1 Å². The van der Waals surface area contributed by atoms with Crippen molar-refractivity contribution in [3.8, 4) is 0 Å². The number of aromatic nitrogens is 2. The molecular formula is C12H23BrN4O. The van der Waals surface area contributed by atoms with Crippen molar-refractivity contribution in [3.63, 3.8) is 0 Å². The van der Waals surface area contributed by atoms with Gasteiger partial charge in [0.15, 0.2) is 0 Å². The molecule has 18 heavy (non-hydrogen) atoms. The first-order valence-electron chi connectivity index (χ1n) is 6.18. The van der Waals surface area contributed by atoms with Gasteiger partial charge in [-0.1, -0.05) is 0 Å². The predicted octanol–water partition coefficient (Wildman–Crippen LogP) is 2.55. The van der Waals surface area contributed by atoms with E-state index in [1.54, 1.807) is 6.20 Å². The Bertz CT molecular complexity index is 389. The second kappa shape index (κ2) is 6.14. The highest BCUT2D eigenvalue weighted by Crippen LogP contribution is 2.34. The van der Waals surface area contributed by atoms with Crippen molar-refractivity contribution < 1.29 is 4.74 Å². The van der Waals surface area contributed by atoms with Crippen molar-refractivity contribution in [2.75, 3.05) is 6.61 Å². The van der Waals surface area contributed by atoms with Gasteiger partial charge < -0.3 is 4.74 Å². The number of ether oxygens (including phenoxy) is 1. The van der Waals surface area contributed by atoms with Gasteiger partial charge in [0.05, 0.1) is 28.0 Å². The van der Waals surface area contributed by atoms with E-state index in [0.717, 1.165) is 10.2 Å². The van der Waals surface area contributed by atoms with Crippen LogP contribution in [0.15, 0.2) is 10.7 Å². The van der Waals surface area contributed by atoms with Gasteiger partial charge in [0.2, 0.25) is 0 Å². The monoisotopic (exact) mass is 318 g/mol. The molecule has 0 saturated heterocycles. The minimum absolute atomic E-state index is 0.142. The van der Waals surface area contributed by atoms with Gasteiger partial charge in [0.25, 0.3) is 0 Å². The van der Waals surface area contributed by atoms with Crippen LogP contribution in [0.2, 0.25) is 0 Å². The molecule has 1 atom stereocenters. The summed E-state index contributed by atoms with van der Waals surface area (Å²) < 4.78 is 8.68. The Morgan fingerprint density at radius 3 is 2.61 bits per heavy atom. The standard InChI is InChI=1S/C12H23BrN4O/c1-6-18-12(4,5)11(16-14)10-9(13)7-15-17(10)8(2)3/h7-8,11,16H,6,14H2,1-5H3. The number of hydrazine groups is 1. The average Bonchev–Trinajstić information content (AvgIpc) is 2.61. The summed E-state index contributed by atoms with van der Waals surface area (Å²) in [6, 6.07) is 0.122. The summed E-state index contributed by atoms with van der Waals surface area (Å²) in [6.45, 7) is 10.8. The molecule has 0 aliphatic rings. The second-order valence-electron chi connectivity index (χ2n) is 5.05. The number of hydrogen-bond donors (Lipinski definition) is 2. The first kappa shape index (κ1) is 15.6. The third-order valence-corrected chi connectivity index (χ3v) is 3.54. The molecule has 0 aliphatic carbocycles. The fourth-order valence-corrected chi connectivity index (χ4v) is 2.60. The van der Waals surface area contributed by atoms with Crippen molar-refractivity contribution in [1.82, 2.24) is 15.2 Å². The Balaban J connectivity index is 3.20. The van der Waals surface area contributed by atoms with E-state index in [0.29, 0.717) is 6.61 Å². The number of rotatable bonds is 6. The number of nitrogens with zero attached hydrogens (tertiary/aromatic N) is 2. The van der Waals surface area contributed by atoms with Gasteiger partial charge in [-0.3, -0.25) is 10.5 Å². The zero-order chi connectivity index (χ0) is 13.9. The minimum atomic E-state index is -0.418. The second-order valence-corrected chi connectivity index (χ2v) is 5.91. The van der Waals surface area contributed by atoms with Crippen molar-refractivity contribution in [2.24, 2.45) is 5.84 Å². The molecule has 0 radical (unpaired) electrons. The van der Waals surface area contributed by atoms with Crippen LogP contribution in [0.4, 0.5) is 0 Å². The van der Waals surface area contributed by atoms with Crippen LogP contribution in [0.3, 0.4) is 0 Å². The Labute approximate surface area is 117 Å². The van der Waals surface area contributed by atoms with Crippen LogP contribution in [0.1, 0.15) is 52.4 Å². The topological polar surface area (TPSA) is 65.1 Å². The molecular weight excluding hydrogens is 296 g/mol. The third kappa shape index (κ3) is 3.12. The van der Waals surface area contributed by atoms with E-state index in [2.05, 4.69) is 40.3 Å². The van der Waals surface area contributed by atoms with Crippen LogP contribution in [-0.2, 0) is 4.74 Å². The van der Waals surface area contributed by atoms with Crippen molar-refractivity contribution in [3.05, 3.63) is 16.4 Å². The number of nitrogens with one attached hydrogen (secondary N) is 1. The van der Waals surface area contributed by atoms with Crippen molar-refractivity contribution in [2.45, 2.75) is 52.3 Å². The SMILES string of the molecule is CCOC(C)(C)C(NN)c1c(Br)cnn1C(C)C. The fourth-order valence-electron chi connectivity index (χ4n) is 2.10. The summed E-state index contributed by atoms with van der Waals surface area (Å²) in [5.74, 6) is 5.73. The number of halogens is 1. The van der Waals surface area contributed by atoms with Crippen LogP contribution in [-0.4, -0.2) is 22.0 Å². The molecule has 0 spiro atoms. The van der Waals surface area contributed by atoms with Gasteiger partial charge in [0, 0.05) is 12.6 Å². The van der Waals surface area contributed by atoms with Crippen LogP contribution < -0.4 is 11.3 Å². The van der Waals surface area contributed by atoms with Gasteiger partial charge in [-0.25, -0.2) is 5.43 Å². The molecule has 0 aromatic carbocycles. The quantitative estimate of drug-likeness (QED) is 0.625. The zero-order valence-electron chi connectivity index (χ0n) is 11.7. The molecule has 1 heterocycles. The van der Waals surface area contributed by atoms with Crippen LogP contribution in [0.5, 0.6) is 0 Å². The third-order valence-electron chi connectivity index (χ3n) is 2.93. The summed E-state index contributed by atoms with van der Waals surface area (Å²) in [4.78, 5) is 0. The molecule has 1 unspecified atom stereocenters. The highest BCUT2D eigenvalue weighted by Gasteiger charge is 2.35. The maximum atomic E-state index is 5.79. The van der Waals surface area contributed by atoms with Crippen LogP contribution >= 0.6 is 15.9 Å². The van der Waals surface area contributed by atoms with E-state index in [1.165, 1.54) is 0 Å². The molecule has 6 heteroatoms. The highest BCUT2D eigenvalue weighted by atomic mass is 79.9. The summed E-state index contributed by atoms with van der Waals surface area (Å²) in [5.41, 5.74) is 3.44. The fraction of sp³-hybridized carbons (Fsp3) is 0.750. The van der Waals surface area contributed by atoms with E-state index in [1.807, 2.05) is 25.5 Å². The molecule has 104 valence electrons. The lowest BCUT2D eigenvalue weighted by Gasteiger charge is -2.34. The molecule has 0 saturated carbocycles. The summed E-state index contributed by atoms with van der Waals surface area (Å²) >= 11 is 3.54. The summed E-state index contributed by atoms with van der Waals surface area (Å²) in [5, 5.41) is 4.38. The summed E-state index contributed by atoms with van der Waals surface area (Å²) in [7, 11) is 0. The molecule has 0 amide bonds. The molecule has 3 N–H and O–H groups in total. The molecule has 1 aromatic heterocycles. The van der Waals surface area contributed by atoms with Gasteiger partial charge in [0.1, 0.15) is 0 Å². The van der Waals surface area contributed by atoms with Gasteiger partial charge in [-0.05, 0) is 50.5 Å². The van der Waals surface area contributed by atoms with Crippen molar-refractivity contribution >= 4 is 15.9 Å². The predicted molar refractivity (Wildman–Crippen MR) is 76.1 cm³/mol. The Morgan fingerprint density at radius 2 is 2.17 bits per heavy atom. The molecule has 1 rings (SSSR count). The highest BCUT2D eigenvalue weighted by molar-refractivity contribution is 9.10. The maximum Gasteiger partial charge on any atom is 0.0924 e. The number of hydrogen-bond acceptors (Lipinski definition) is 4. The van der Waals surface area contributed by atoms with Gasteiger partial charge in [-0.2, -0.15) is 5.10 Å². The zero-order valence-corrected chi connectivity index (χ0v) is 13.3. The first-order chi connectivity index (χ1) is 8.35. The maximum absolute atomic E-state index is 5.79. The lowest BCUT2D eigenvalue weighted by atomic mass is 9.95. The van der Waals surface area contributed by atoms with E-state index in [4.69, 9.17) is 10.6 Å². The Hall–Kier alpha value is -0.430. The van der Waals surface area contributed by atoms with Gasteiger partial charge >= 0.3 is 0 Å². The molecule has 5 nitrogen and oxygen atoms in total. The smallest absolute Gasteiger partial charge is 0.0924 e. The average molecular weight is 319 g/mol. The minimum Gasteiger partial charge on any atom is -0.374 e. The van der Waals surface area contributed by atoms with E-state index < -0.39 is 5.60 Å². The normalized spacial score (nSPS) is 14.2. The Kier molecular flexibility index (Phi) is 5.33. The Morgan fingerprint density at radius 1 is 1.56 bits per heavy atom. The van der Waals surface area contributed by atoms with Crippen molar-refractivity contribution in [1.29, 1.82) is 0 Å². The van der Waals surface area contributed by atoms with Crippen LogP contribution in [0.25, 0.3) is 0 Å². The molecule has 0 aliphatic heterocycles. The largest absolute Gasteiger partial charge is 0.374 e. The van der Waals surface area contributed by atoms with Gasteiger partial charge in [-0.15, -0.1) is 0 Å². The lowest BCUT2D eigenvalue weighted by Crippen LogP contribution is -2.45. The molecule has 1 aromatic rings.